The summed E-state index contributed by atoms with van der Waals surface area (Å²) in [6, 6.07) is 4.88. The third kappa shape index (κ3) is 2.82. The van der Waals surface area contributed by atoms with Gasteiger partial charge in [0, 0.05) is 37.0 Å². The molecule has 2 rings (SSSR count). The van der Waals surface area contributed by atoms with Crippen molar-refractivity contribution in [2.45, 2.75) is 13.5 Å². The number of nitrogens with two attached hydrogens (primary N) is 1. The largest absolute Gasteiger partial charge is 0.384 e. The summed E-state index contributed by atoms with van der Waals surface area (Å²) < 4.78 is 1.58. The van der Waals surface area contributed by atoms with Crippen LogP contribution in [0.4, 0.5) is 17.2 Å². The van der Waals surface area contributed by atoms with Crippen molar-refractivity contribution >= 4 is 17.2 Å². The van der Waals surface area contributed by atoms with Crippen LogP contribution in [0.1, 0.15) is 11.1 Å². The number of aromatic nitrogens is 2. The first-order chi connectivity index (χ1) is 8.97. The number of rotatable bonds is 4. The van der Waals surface area contributed by atoms with Gasteiger partial charge in [-0.15, -0.1) is 0 Å². The smallest absolute Gasteiger partial charge is 0.271 e. The molecule has 0 spiro atoms. The minimum absolute atomic E-state index is 0.0710. The number of nitrogens with zero attached hydrogens (tertiary/aromatic N) is 3. The Bertz CT molecular complexity index is 621. The summed E-state index contributed by atoms with van der Waals surface area (Å²) in [5.74, 6) is 0.578. The van der Waals surface area contributed by atoms with E-state index in [-0.39, 0.29) is 5.69 Å². The van der Waals surface area contributed by atoms with Crippen LogP contribution in [0.2, 0.25) is 0 Å². The lowest BCUT2D eigenvalue weighted by Gasteiger charge is -2.07. The average molecular weight is 261 g/mol. The molecule has 0 bridgehead atoms. The predicted molar refractivity (Wildman–Crippen MR) is 72.8 cm³/mol. The zero-order chi connectivity index (χ0) is 14.0. The maximum atomic E-state index is 10.8. The molecule has 0 radical (unpaired) electrons. The van der Waals surface area contributed by atoms with Gasteiger partial charge in [0.15, 0.2) is 0 Å². The number of aryl methyl sites for hydroxylation is 2. The third-order valence-electron chi connectivity index (χ3n) is 2.82. The molecule has 1 aromatic carbocycles. The van der Waals surface area contributed by atoms with E-state index in [9.17, 15) is 10.1 Å². The number of nitro groups is 1. The van der Waals surface area contributed by atoms with Gasteiger partial charge in [-0.3, -0.25) is 14.8 Å². The number of nitrogens with one attached hydrogen (secondary N) is 1. The Morgan fingerprint density at radius 2 is 2.21 bits per heavy atom. The van der Waals surface area contributed by atoms with Gasteiger partial charge in [-0.1, -0.05) is 0 Å². The van der Waals surface area contributed by atoms with Gasteiger partial charge in [-0.2, -0.15) is 5.10 Å². The highest BCUT2D eigenvalue weighted by Crippen LogP contribution is 2.21. The molecule has 7 heteroatoms. The molecule has 7 nitrogen and oxygen atoms in total. The monoisotopic (exact) mass is 261 g/mol. The molecular weight excluding hydrogens is 246 g/mol. The van der Waals surface area contributed by atoms with Gasteiger partial charge in [0.1, 0.15) is 5.82 Å². The summed E-state index contributed by atoms with van der Waals surface area (Å²) in [5, 5.41) is 17.9. The van der Waals surface area contributed by atoms with Crippen LogP contribution in [0.25, 0.3) is 0 Å². The Labute approximate surface area is 110 Å². The fourth-order valence-electron chi connectivity index (χ4n) is 1.80. The Morgan fingerprint density at radius 3 is 2.79 bits per heavy atom. The van der Waals surface area contributed by atoms with Crippen molar-refractivity contribution in [1.29, 1.82) is 0 Å². The van der Waals surface area contributed by atoms with Gasteiger partial charge >= 0.3 is 0 Å². The van der Waals surface area contributed by atoms with Gasteiger partial charge in [0.05, 0.1) is 11.1 Å². The molecule has 19 heavy (non-hydrogen) atoms. The van der Waals surface area contributed by atoms with Gasteiger partial charge in [-0.25, -0.2) is 0 Å². The van der Waals surface area contributed by atoms with Gasteiger partial charge < -0.3 is 11.1 Å². The Morgan fingerprint density at radius 1 is 1.47 bits per heavy atom. The zero-order valence-corrected chi connectivity index (χ0v) is 10.8. The molecular formula is C12H15N5O2. The van der Waals surface area contributed by atoms with Crippen LogP contribution in [0.5, 0.6) is 0 Å². The fourth-order valence-corrected chi connectivity index (χ4v) is 1.80. The second-order valence-corrected chi connectivity index (χ2v) is 4.35. The third-order valence-corrected chi connectivity index (χ3v) is 2.82. The highest BCUT2D eigenvalue weighted by Gasteiger charge is 2.09. The van der Waals surface area contributed by atoms with E-state index in [0.29, 0.717) is 18.1 Å². The van der Waals surface area contributed by atoms with E-state index in [1.165, 1.54) is 12.1 Å². The van der Waals surface area contributed by atoms with Crippen molar-refractivity contribution in [3.05, 3.63) is 45.6 Å². The van der Waals surface area contributed by atoms with Crippen LogP contribution in [-0.4, -0.2) is 14.7 Å². The number of benzene rings is 1. The highest BCUT2D eigenvalue weighted by molar-refractivity contribution is 5.54. The van der Waals surface area contributed by atoms with Crippen molar-refractivity contribution < 1.29 is 4.92 Å². The first kappa shape index (κ1) is 12.9. The van der Waals surface area contributed by atoms with E-state index in [0.717, 1.165) is 11.1 Å². The Kier molecular flexibility index (Phi) is 3.37. The first-order valence-corrected chi connectivity index (χ1v) is 5.73. The summed E-state index contributed by atoms with van der Waals surface area (Å²) in [6.45, 7) is 2.29. The molecule has 0 saturated heterocycles. The van der Waals surface area contributed by atoms with Crippen molar-refractivity contribution in [3.63, 3.8) is 0 Å². The SMILES string of the molecule is Cc1cc(NCc2cnn(C)c2N)cc([N+](=O)[O-])c1. The molecule has 0 atom stereocenters. The summed E-state index contributed by atoms with van der Waals surface area (Å²) in [6.07, 6.45) is 1.67. The number of anilines is 2. The van der Waals surface area contributed by atoms with Crippen molar-refractivity contribution in [1.82, 2.24) is 9.78 Å². The van der Waals surface area contributed by atoms with E-state index in [1.807, 2.05) is 13.0 Å². The Balaban J connectivity index is 2.15. The molecule has 100 valence electrons. The molecule has 0 fully saturated rings. The van der Waals surface area contributed by atoms with E-state index >= 15 is 0 Å². The van der Waals surface area contributed by atoms with Gasteiger partial charge in [-0.05, 0) is 18.6 Å². The van der Waals surface area contributed by atoms with Crippen molar-refractivity contribution in [3.8, 4) is 0 Å². The molecule has 1 heterocycles. The predicted octanol–water partition coefficient (Wildman–Crippen LogP) is 1.83. The number of nitrogen functional groups attached to an aromatic ring is 1. The molecule has 0 unspecified atom stereocenters. The lowest BCUT2D eigenvalue weighted by Crippen LogP contribution is -2.04. The fraction of sp³-hybridized carbons (Fsp3) is 0.250. The molecule has 1 aromatic heterocycles. The minimum atomic E-state index is -0.406. The number of non-ortho nitro benzene ring substituents is 1. The van der Waals surface area contributed by atoms with Gasteiger partial charge in [0.25, 0.3) is 5.69 Å². The standard InChI is InChI=1S/C12H15N5O2/c1-8-3-10(5-11(4-8)17(18)19)14-6-9-7-15-16(2)12(9)13/h3-5,7,14H,6,13H2,1-2H3. The molecule has 0 saturated carbocycles. The molecule has 3 N–H and O–H groups in total. The molecule has 2 aromatic rings. The maximum absolute atomic E-state index is 10.8. The summed E-state index contributed by atoms with van der Waals surface area (Å²) >= 11 is 0. The molecule has 0 aliphatic heterocycles. The normalized spacial score (nSPS) is 10.4. The average Bonchev–Trinajstić information content (AvgIpc) is 2.67. The van der Waals surface area contributed by atoms with Crippen LogP contribution >= 0.6 is 0 Å². The lowest BCUT2D eigenvalue weighted by molar-refractivity contribution is -0.384. The summed E-state index contributed by atoms with van der Waals surface area (Å²) in [7, 11) is 1.76. The van der Waals surface area contributed by atoms with Crippen LogP contribution in [0.15, 0.2) is 24.4 Å². The highest BCUT2D eigenvalue weighted by atomic mass is 16.6. The van der Waals surface area contributed by atoms with E-state index in [2.05, 4.69) is 10.4 Å². The molecule has 0 amide bonds. The molecule has 0 aliphatic rings. The summed E-state index contributed by atoms with van der Waals surface area (Å²) in [5.41, 5.74) is 8.27. The second-order valence-electron chi connectivity index (χ2n) is 4.35. The molecule has 0 aliphatic carbocycles. The summed E-state index contributed by atoms with van der Waals surface area (Å²) in [4.78, 5) is 10.4. The van der Waals surface area contributed by atoms with E-state index in [1.54, 1.807) is 17.9 Å². The quantitative estimate of drug-likeness (QED) is 0.646. The topological polar surface area (TPSA) is 99.0 Å². The van der Waals surface area contributed by atoms with Crippen molar-refractivity contribution in [2.24, 2.45) is 7.05 Å². The maximum Gasteiger partial charge on any atom is 0.271 e. The zero-order valence-electron chi connectivity index (χ0n) is 10.8. The van der Waals surface area contributed by atoms with Crippen LogP contribution in [0.3, 0.4) is 0 Å². The lowest BCUT2D eigenvalue weighted by atomic mass is 10.2. The number of hydrogen-bond donors (Lipinski definition) is 2. The van der Waals surface area contributed by atoms with Crippen LogP contribution < -0.4 is 11.1 Å². The van der Waals surface area contributed by atoms with Gasteiger partial charge in [0.2, 0.25) is 0 Å². The second kappa shape index (κ2) is 4.97. The van der Waals surface area contributed by atoms with Crippen molar-refractivity contribution in [2.75, 3.05) is 11.1 Å². The Hall–Kier alpha value is -2.57. The van der Waals surface area contributed by atoms with E-state index in [4.69, 9.17) is 5.73 Å². The number of hydrogen-bond acceptors (Lipinski definition) is 5. The van der Waals surface area contributed by atoms with Crippen LogP contribution in [0, 0.1) is 17.0 Å². The van der Waals surface area contributed by atoms with E-state index < -0.39 is 4.92 Å². The number of nitro benzene ring substituents is 1. The van der Waals surface area contributed by atoms with Crippen LogP contribution in [-0.2, 0) is 13.6 Å². The minimum Gasteiger partial charge on any atom is -0.384 e. The first-order valence-electron chi connectivity index (χ1n) is 5.73.